The first-order valence-corrected chi connectivity index (χ1v) is 11.5. The fourth-order valence-corrected chi connectivity index (χ4v) is 4.86. The van der Waals surface area contributed by atoms with E-state index in [0.29, 0.717) is 21.6 Å². The molecule has 0 saturated carbocycles. The molecule has 0 unspecified atom stereocenters. The molecule has 11 heteroatoms. The molecule has 0 aliphatic heterocycles. The summed E-state index contributed by atoms with van der Waals surface area (Å²) in [6.45, 7) is 5.50. The lowest BCUT2D eigenvalue weighted by Crippen LogP contribution is -2.50. The number of esters is 1. The molecule has 1 atom stereocenters. The van der Waals surface area contributed by atoms with Crippen LogP contribution in [0, 0.1) is 5.41 Å². The molecule has 0 fully saturated rings. The van der Waals surface area contributed by atoms with Crippen molar-refractivity contribution in [1.82, 2.24) is 15.3 Å². The Labute approximate surface area is 209 Å². The standard InChI is InChI=1S/C22H21BrCl2N4O4/c1-4-33-21(32)15(29-18-17(23)19(30)22(18,2)3)7-11-5-6-12(8-27-11)28-20(31)16-13(24)9-26-10-14(16)25/h5-6,8-10,15,29H,4,7H2,1-3H3,(H,28,31)/t15-/m0/s1. The molecule has 0 bridgehead atoms. The second-order valence-electron chi connectivity index (χ2n) is 7.77. The van der Waals surface area contributed by atoms with Crippen molar-refractivity contribution >= 4 is 62.5 Å². The Morgan fingerprint density at radius 3 is 2.39 bits per heavy atom. The molecule has 0 spiro atoms. The van der Waals surface area contributed by atoms with Crippen LogP contribution in [0.25, 0.3) is 0 Å². The Bertz CT molecular complexity index is 1120. The molecule has 0 saturated heterocycles. The largest absolute Gasteiger partial charge is 0.464 e. The highest BCUT2D eigenvalue weighted by molar-refractivity contribution is 9.12. The zero-order valence-electron chi connectivity index (χ0n) is 18.0. The van der Waals surface area contributed by atoms with Crippen LogP contribution in [0.1, 0.15) is 36.8 Å². The Balaban J connectivity index is 1.73. The molecular weight excluding hydrogens is 535 g/mol. The molecule has 1 aliphatic carbocycles. The SMILES string of the molecule is CCOC(=O)[C@H](Cc1ccc(NC(=O)c2c(Cl)cncc2Cl)cn1)NC1=C(Br)C(=O)C1(C)C. The van der Waals surface area contributed by atoms with Gasteiger partial charge in [0.15, 0.2) is 5.78 Å². The summed E-state index contributed by atoms with van der Waals surface area (Å²) in [5.74, 6) is -0.997. The van der Waals surface area contributed by atoms with Crippen LogP contribution >= 0.6 is 39.1 Å². The summed E-state index contributed by atoms with van der Waals surface area (Å²) < 4.78 is 5.60. The zero-order chi connectivity index (χ0) is 24.3. The Morgan fingerprint density at radius 2 is 1.85 bits per heavy atom. The number of hydrogen-bond donors (Lipinski definition) is 2. The number of aromatic nitrogens is 2. The number of carbonyl (C=O) groups is 3. The molecule has 1 aliphatic rings. The first kappa shape index (κ1) is 25.1. The summed E-state index contributed by atoms with van der Waals surface area (Å²) in [6.07, 6.45) is 4.33. The summed E-state index contributed by atoms with van der Waals surface area (Å²) in [4.78, 5) is 45.3. The molecule has 0 aromatic carbocycles. The maximum Gasteiger partial charge on any atom is 0.328 e. The van der Waals surface area contributed by atoms with Crippen LogP contribution in [0.4, 0.5) is 5.69 Å². The first-order valence-electron chi connectivity index (χ1n) is 9.99. The van der Waals surface area contributed by atoms with Gasteiger partial charge in [-0.15, -0.1) is 0 Å². The maximum absolute atomic E-state index is 12.5. The normalized spacial score (nSPS) is 15.5. The van der Waals surface area contributed by atoms with Crippen molar-refractivity contribution in [2.45, 2.75) is 33.2 Å². The number of hydrogen-bond acceptors (Lipinski definition) is 7. The van der Waals surface area contributed by atoms with Gasteiger partial charge in [0.25, 0.3) is 5.91 Å². The number of amides is 1. The summed E-state index contributed by atoms with van der Waals surface area (Å²) in [5.41, 5.74) is 1.03. The molecular formula is C22H21BrCl2N4O4. The lowest BCUT2D eigenvalue weighted by atomic mass is 9.74. The second-order valence-corrected chi connectivity index (χ2v) is 9.37. The highest BCUT2D eigenvalue weighted by atomic mass is 79.9. The summed E-state index contributed by atoms with van der Waals surface area (Å²) in [6, 6.07) is 2.58. The van der Waals surface area contributed by atoms with Crippen molar-refractivity contribution in [1.29, 1.82) is 0 Å². The fraction of sp³-hybridized carbons (Fsp3) is 0.318. The minimum absolute atomic E-state index is 0.0415. The molecule has 1 amide bonds. The van der Waals surface area contributed by atoms with Gasteiger partial charge in [-0.1, -0.05) is 23.2 Å². The van der Waals surface area contributed by atoms with Gasteiger partial charge in [-0.3, -0.25) is 19.6 Å². The van der Waals surface area contributed by atoms with Gasteiger partial charge in [-0.2, -0.15) is 0 Å². The summed E-state index contributed by atoms with van der Waals surface area (Å²) >= 11 is 15.3. The first-order chi connectivity index (χ1) is 15.6. The van der Waals surface area contributed by atoms with E-state index in [-0.39, 0.29) is 34.4 Å². The average Bonchev–Trinajstić information content (AvgIpc) is 2.76. The Morgan fingerprint density at radius 1 is 1.18 bits per heavy atom. The van der Waals surface area contributed by atoms with Crippen LogP contribution in [0.5, 0.6) is 0 Å². The van der Waals surface area contributed by atoms with Crippen molar-refractivity contribution in [2.75, 3.05) is 11.9 Å². The van der Waals surface area contributed by atoms with Crippen LogP contribution < -0.4 is 10.6 Å². The van der Waals surface area contributed by atoms with Gasteiger partial charge in [0, 0.05) is 30.2 Å². The van der Waals surface area contributed by atoms with Crippen molar-refractivity contribution in [3.8, 4) is 0 Å². The molecule has 2 heterocycles. The fourth-order valence-electron chi connectivity index (χ4n) is 3.22. The van der Waals surface area contributed by atoms with E-state index in [1.807, 2.05) is 0 Å². The maximum atomic E-state index is 12.5. The highest BCUT2D eigenvalue weighted by Gasteiger charge is 2.46. The van der Waals surface area contributed by atoms with Crippen LogP contribution in [0.2, 0.25) is 10.0 Å². The third-order valence-corrected chi connectivity index (χ3v) is 6.41. The number of anilines is 1. The van der Waals surface area contributed by atoms with Gasteiger partial charge in [0.2, 0.25) is 0 Å². The van der Waals surface area contributed by atoms with Gasteiger partial charge >= 0.3 is 5.97 Å². The van der Waals surface area contributed by atoms with Crippen LogP contribution in [-0.2, 0) is 20.7 Å². The number of pyridine rings is 2. The number of rotatable bonds is 8. The van der Waals surface area contributed by atoms with Gasteiger partial charge in [-0.25, -0.2) is 4.79 Å². The third kappa shape index (κ3) is 5.37. The monoisotopic (exact) mass is 554 g/mol. The molecule has 174 valence electrons. The van der Waals surface area contributed by atoms with E-state index in [1.165, 1.54) is 18.6 Å². The zero-order valence-corrected chi connectivity index (χ0v) is 21.1. The van der Waals surface area contributed by atoms with Crippen molar-refractivity contribution < 1.29 is 19.1 Å². The Kier molecular flexibility index (Phi) is 7.76. The van der Waals surface area contributed by atoms with Gasteiger partial charge < -0.3 is 15.4 Å². The molecule has 2 aromatic rings. The number of nitrogens with one attached hydrogen (secondary N) is 2. The minimum Gasteiger partial charge on any atom is -0.464 e. The molecule has 2 N–H and O–H groups in total. The predicted octanol–water partition coefficient (Wildman–Crippen LogP) is 4.31. The van der Waals surface area contributed by atoms with E-state index in [9.17, 15) is 14.4 Å². The quantitative estimate of drug-likeness (QED) is 0.467. The van der Waals surface area contributed by atoms with Gasteiger partial charge in [0.1, 0.15) is 6.04 Å². The summed E-state index contributed by atoms with van der Waals surface area (Å²) in [7, 11) is 0. The second kappa shape index (κ2) is 10.2. The van der Waals surface area contributed by atoms with Gasteiger partial charge in [-0.05, 0) is 48.8 Å². The summed E-state index contributed by atoms with van der Waals surface area (Å²) in [5, 5.41) is 6.07. The topological polar surface area (TPSA) is 110 Å². The van der Waals surface area contributed by atoms with Crippen molar-refractivity contribution in [2.24, 2.45) is 5.41 Å². The van der Waals surface area contributed by atoms with E-state index in [2.05, 4.69) is 36.5 Å². The van der Waals surface area contributed by atoms with E-state index in [1.54, 1.807) is 32.9 Å². The molecule has 3 rings (SSSR count). The number of Topliss-reactive ketones (excluding diaryl/α,β-unsaturated/α-hetero) is 1. The van der Waals surface area contributed by atoms with Crippen LogP contribution in [0.15, 0.2) is 40.9 Å². The van der Waals surface area contributed by atoms with E-state index in [0.717, 1.165) is 0 Å². The van der Waals surface area contributed by atoms with Crippen LogP contribution in [-0.4, -0.2) is 40.3 Å². The van der Waals surface area contributed by atoms with E-state index in [4.69, 9.17) is 27.9 Å². The lowest BCUT2D eigenvalue weighted by Gasteiger charge is -2.38. The molecule has 0 radical (unpaired) electrons. The van der Waals surface area contributed by atoms with E-state index < -0.39 is 23.3 Å². The Hall–Kier alpha value is -2.49. The van der Waals surface area contributed by atoms with Crippen LogP contribution in [0.3, 0.4) is 0 Å². The smallest absolute Gasteiger partial charge is 0.328 e. The van der Waals surface area contributed by atoms with Gasteiger partial charge in [0.05, 0.1) is 44.0 Å². The average molecular weight is 556 g/mol. The number of ketones is 1. The minimum atomic E-state index is -0.748. The van der Waals surface area contributed by atoms with Crippen molar-refractivity contribution in [3.05, 3.63) is 62.2 Å². The number of nitrogens with zero attached hydrogens (tertiary/aromatic N) is 2. The number of halogens is 3. The highest BCUT2D eigenvalue weighted by Crippen LogP contribution is 2.43. The lowest BCUT2D eigenvalue weighted by molar-refractivity contribution is -0.145. The number of carbonyl (C=O) groups excluding carboxylic acids is 3. The number of ether oxygens (including phenoxy) is 1. The van der Waals surface area contributed by atoms with Crippen molar-refractivity contribution in [3.63, 3.8) is 0 Å². The molecule has 8 nitrogen and oxygen atoms in total. The van der Waals surface area contributed by atoms with E-state index >= 15 is 0 Å². The third-order valence-electron chi connectivity index (χ3n) is 5.08. The molecule has 2 aromatic heterocycles. The predicted molar refractivity (Wildman–Crippen MR) is 128 cm³/mol. The molecule has 33 heavy (non-hydrogen) atoms. The number of allylic oxidation sites excluding steroid dienone is 2.